The standard InChI is InChI=1S/C17H29N3S/c1-2-10-18-13-15-14-19-16(21-15)20-11-8-17(9-12-20)6-4-3-5-7-17/h14,18H,2-13H2,1H3. The molecule has 1 aliphatic heterocycles. The summed E-state index contributed by atoms with van der Waals surface area (Å²) in [5.41, 5.74) is 0.692. The monoisotopic (exact) mass is 307 g/mol. The van der Waals surface area contributed by atoms with Crippen molar-refractivity contribution in [2.45, 2.75) is 64.8 Å². The first-order valence-corrected chi connectivity index (χ1v) is 9.53. The first-order valence-electron chi connectivity index (χ1n) is 8.72. The second-order valence-electron chi connectivity index (χ2n) is 6.83. The number of anilines is 1. The predicted octanol–water partition coefficient (Wildman–Crippen LogP) is 4.19. The van der Waals surface area contributed by atoms with Crippen LogP contribution in [0.5, 0.6) is 0 Å². The zero-order valence-corrected chi connectivity index (χ0v) is 14.2. The van der Waals surface area contributed by atoms with Crippen LogP contribution in [0.3, 0.4) is 0 Å². The van der Waals surface area contributed by atoms with E-state index in [9.17, 15) is 0 Å². The molecule has 118 valence electrons. The number of hydrogen-bond acceptors (Lipinski definition) is 4. The maximum Gasteiger partial charge on any atom is 0.185 e. The van der Waals surface area contributed by atoms with E-state index in [2.05, 4.69) is 28.3 Å². The van der Waals surface area contributed by atoms with E-state index in [4.69, 9.17) is 0 Å². The first kappa shape index (κ1) is 15.3. The summed E-state index contributed by atoms with van der Waals surface area (Å²) in [7, 11) is 0. The summed E-state index contributed by atoms with van der Waals surface area (Å²) in [6, 6.07) is 0. The molecule has 0 amide bonds. The average molecular weight is 308 g/mol. The van der Waals surface area contributed by atoms with Crippen molar-refractivity contribution in [2.24, 2.45) is 5.41 Å². The molecule has 0 bridgehead atoms. The highest BCUT2D eigenvalue weighted by molar-refractivity contribution is 7.15. The second kappa shape index (κ2) is 7.10. The van der Waals surface area contributed by atoms with Crippen molar-refractivity contribution in [1.29, 1.82) is 0 Å². The number of piperidine rings is 1. The number of nitrogens with one attached hydrogen (secondary N) is 1. The van der Waals surface area contributed by atoms with Crippen LogP contribution in [0, 0.1) is 5.41 Å². The molecule has 1 spiro atoms. The molecule has 3 nitrogen and oxygen atoms in total. The lowest BCUT2D eigenvalue weighted by molar-refractivity contribution is 0.144. The Morgan fingerprint density at radius 1 is 1.19 bits per heavy atom. The van der Waals surface area contributed by atoms with Crippen LogP contribution >= 0.6 is 11.3 Å². The minimum atomic E-state index is 0.692. The first-order chi connectivity index (χ1) is 10.3. The molecular weight excluding hydrogens is 278 g/mol. The Bertz CT molecular complexity index is 427. The van der Waals surface area contributed by atoms with Gasteiger partial charge in [-0.3, -0.25) is 0 Å². The summed E-state index contributed by atoms with van der Waals surface area (Å²) in [5, 5.41) is 4.71. The van der Waals surface area contributed by atoms with E-state index in [-0.39, 0.29) is 0 Å². The molecule has 0 radical (unpaired) electrons. The summed E-state index contributed by atoms with van der Waals surface area (Å²) < 4.78 is 0. The molecule has 21 heavy (non-hydrogen) atoms. The van der Waals surface area contributed by atoms with Crippen molar-refractivity contribution in [2.75, 3.05) is 24.5 Å². The number of aromatic nitrogens is 1. The average Bonchev–Trinajstić information content (AvgIpc) is 2.98. The molecule has 2 heterocycles. The Morgan fingerprint density at radius 3 is 2.67 bits per heavy atom. The van der Waals surface area contributed by atoms with E-state index < -0.39 is 0 Å². The topological polar surface area (TPSA) is 28.2 Å². The van der Waals surface area contributed by atoms with Gasteiger partial charge in [0.15, 0.2) is 5.13 Å². The quantitative estimate of drug-likeness (QED) is 0.827. The number of hydrogen-bond donors (Lipinski definition) is 1. The predicted molar refractivity (Wildman–Crippen MR) is 91.1 cm³/mol. The van der Waals surface area contributed by atoms with Crippen LogP contribution in [0.4, 0.5) is 5.13 Å². The van der Waals surface area contributed by atoms with Crippen molar-refractivity contribution in [3.8, 4) is 0 Å². The van der Waals surface area contributed by atoms with Crippen LogP contribution in [0.2, 0.25) is 0 Å². The summed E-state index contributed by atoms with van der Waals surface area (Å²) in [6.45, 7) is 6.72. The molecule has 4 heteroatoms. The number of nitrogens with zero attached hydrogens (tertiary/aromatic N) is 2. The normalized spacial score (nSPS) is 21.9. The second-order valence-corrected chi connectivity index (χ2v) is 7.93. The maximum atomic E-state index is 4.66. The lowest BCUT2D eigenvalue weighted by atomic mass is 9.68. The zero-order chi connectivity index (χ0) is 14.5. The van der Waals surface area contributed by atoms with Crippen LogP contribution in [-0.4, -0.2) is 24.6 Å². The molecule has 1 aliphatic carbocycles. The Kier molecular flexibility index (Phi) is 5.17. The lowest BCUT2D eigenvalue weighted by Gasteiger charge is -2.44. The summed E-state index contributed by atoms with van der Waals surface area (Å²) in [6.07, 6.45) is 13.4. The van der Waals surface area contributed by atoms with Crippen molar-refractivity contribution in [3.05, 3.63) is 11.1 Å². The van der Waals surface area contributed by atoms with Gasteiger partial charge in [0.25, 0.3) is 0 Å². The van der Waals surface area contributed by atoms with E-state index in [1.807, 2.05) is 11.3 Å². The van der Waals surface area contributed by atoms with Crippen LogP contribution < -0.4 is 10.2 Å². The van der Waals surface area contributed by atoms with Gasteiger partial charge in [-0.05, 0) is 44.1 Å². The third-order valence-electron chi connectivity index (χ3n) is 5.28. The van der Waals surface area contributed by atoms with Crippen molar-refractivity contribution >= 4 is 16.5 Å². The number of thiazole rings is 1. The molecule has 1 aromatic rings. The van der Waals surface area contributed by atoms with Gasteiger partial charge in [0.05, 0.1) is 0 Å². The number of rotatable bonds is 5. The molecular formula is C17H29N3S. The van der Waals surface area contributed by atoms with E-state index in [0.717, 1.165) is 13.1 Å². The molecule has 0 unspecified atom stereocenters. The van der Waals surface area contributed by atoms with Crippen LogP contribution in [0.15, 0.2) is 6.20 Å². The van der Waals surface area contributed by atoms with Gasteiger partial charge in [-0.15, -0.1) is 11.3 Å². The molecule has 0 atom stereocenters. The van der Waals surface area contributed by atoms with Gasteiger partial charge in [-0.1, -0.05) is 26.2 Å². The SMILES string of the molecule is CCCNCc1cnc(N2CCC3(CCCCC3)CC2)s1. The maximum absolute atomic E-state index is 4.66. The minimum absolute atomic E-state index is 0.692. The van der Waals surface area contributed by atoms with Gasteiger partial charge < -0.3 is 10.2 Å². The van der Waals surface area contributed by atoms with Gasteiger partial charge in [-0.25, -0.2) is 4.98 Å². The van der Waals surface area contributed by atoms with Gasteiger partial charge in [0.2, 0.25) is 0 Å². The summed E-state index contributed by atoms with van der Waals surface area (Å²) >= 11 is 1.88. The van der Waals surface area contributed by atoms with E-state index in [1.54, 1.807) is 0 Å². The Morgan fingerprint density at radius 2 is 1.95 bits per heavy atom. The van der Waals surface area contributed by atoms with Crippen LogP contribution in [0.25, 0.3) is 0 Å². The van der Waals surface area contributed by atoms with E-state index >= 15 is 0 Å². The van der Waals surface area contributed by atoms with Gasteiger partial charge in [0, 0.05) is 30.7 Å². The van der Waals surface area contributed by atoms with E-state index in [0.29, 0.717) is 5.41 Å². The summed E-state index contributed by atoms with van der Waals surface area (Å²) in [4.78, 5) is 8.55. The molecule has 2 aliphatic rings. The molecule has 3 rings (SSSR count). The molecule has 1 N–H and O–H groups in total. The zero-order valence-electron chi connectivity index (χ0n) is 13.4. The van der Waals surface area contributed by atoms with E-state index in [1.165, 1.54) is 74.5 Å². The molecule has 2 fully saturated rings. The van der Waals surface area contributed by atoms with Crippen LogP contribution in [-0.2, 0) is 6.54 Å². The van der Waals surface area contributed by atoms with Crippen molar-refractivity contribution in [3.63, 3.8) is 0 Å². The fourth-order valence-electron chi connectivity index (χ4n) is 3.89. The fourth-order valence-corrected chi connectivity index (χ4v) is 4.82. The highest BCUT2D eigenvalue weighted by atomic mass is 32.1. The highest BCUT2D eigenvalue weighted by Gasteiger charge is 2.35. The molecule has 1 saturated carbocycles. The Hall–Kier alpha value is -0.610. The van der Waals surface area contributed by atoms with Crippen molar-refractivity contribution < 1.29 is 0 Å². The Labute approximate surface area is 133 Å². The molecule has 1 aromatic heterocycles. The van der Waals surface area contributed by atoms with Gasteiger partial charge in [0.1, 0.15) is 0 Å². The lowest BCUT2D eigenvalue weighted by Crippen LogP contribution is -2.41. The van der Waals surface area contributed by atoms with Gasteiger partial charge >= 0.3 is 0 Å². The Balaban J connectivity index is 1.52. The largest absolute Gasteiger partial charge is 0.348 e. The fraction of sp³-hybridized carbons (Fsp3) is 0.824. The summed E-state index contributed by atoms with van der Waals surface area (Å²) in [5.74, 6) is 0. The molecule has 1 saturated heterocycles. The van der Waals surface area contributed by atoms with Crippen LogP contribution in [0.1, 0.15) is 63.2 Å². The smallest absolute Gasteiger partial charge is 0.185 e. The molecule has 0 aromatic carbocycles. The highest BCUT2D eigenvalue weighted by Crippen LogP contribution is 2.45. The van der Waals surface area contributed by atoms with Gasteiger partial charge in [-0.2, -0.15) is 0 Å². The third kappa shape index (κ3) is 3.78. The minimum Gasteiger partial charge on any atom is -0.348 e. The third-order valence-corrected chi connectivity index (χ3v) is 6.33. The van der Waals surface area contributed by atoms with Crippen molar-refractivity contribution in [1.82, 2.24) is 10.3 Å².